The van der Waals surface area contributed by atoms with Crippen molar-refractivity contribution >= 4 is 0 Å². The zero-order valence-corrected chi connectivity index (χ0v) is 12.6. The van der Waals surface area contributed by atoms with Crippen molar-refractivity contribution in [1.29, 1.82) is 0 Å². The maximum Gasteiger partial charge on any atom is 0.123 e. The van der Waals surface area contributed by atoms with Gasteiger partial charge in [-0.3, -0.25) is 0 Å². The molecule has 0 aromatic heterocycles. The van der Waals surface area contributed by atoms with E-state index in [1.54, 1.807) is 12.1 Å². The Hall–Kier alpha value is -1.70. The summed E-state index contributed by atoms with van der Waals surface area (Å²) in [5.74, 6) is 0.707. The second-order valence-corrected chi connectivity index (χ2v) is 5.99. The van der Waals surface area contributed by atoms with Crippen LogP contribution in [-0.2, 0) is 6.42 Å². The van der Waals surface area contributed by atoms with Crippen LogP contribution in [0.25, 0.3) is 0 Å². The molecule has 0 bridgehead atoms. The summed E-state index contributed by atoms with van der Waals surface area (Å²) in [6.45, 7) is 10.3. The fraction of sp³-hybridized carbons (Fsp3) is 0.444. The van der Waals surface area contributed by atoms with E-state index in [2.05, 4.69) is 26.5 Å². The highest BCUT2D eigenvalue weighted by Crippen LogP contribution is 2.47. The van der Waals surface area contributed by atoms with E-state index in [0.717, 1.165) is 30.4 Å². The van der Waals surface area contributed by atoms with E-state index in [0.29, 0.717) is 5.56 Å². The number of phenols is 2. The van der Waals surface area contributed by atoms with E-state index in [9.17, 15) is 10.2 Å². The summed E-state index contributed by atoms with van der Waals surface area (Å²) in [6.07, 6.45) is 4.96. The topological polar surface area (TPSA) is 40.5 Å². The average Bonchev–Trinajstić information content (AvgIpc) is 2.71. The molecule has 0 amide bonds. The molecule has 0 spiro atoms. The molecule has 2 atom stereocenters. The molecular formula is C18H24O2. The fourth-order valence-electron chi connectivity index (χ4n) is 3.18. The van der Waals surface area contributed by atoms with Gasteiger partial charge >= 0.3 is 0 Å². The van der Waals surface area contributed by atoms with Gasteiger partial charge in [0, 0.05) is 11.5 Å². The monoisotopic (exact) mass is 272 g/mol. The number of hydrogen-bond acceptors (Lipinski definition) is 2. The van der Waals surface area contributed by atoms with Crippen molar-refractivity contribution in [3.05, 3.63) is 47.1 Å². The van der Waals surface area contributed by atoms with E-state index < -0.39 is 0 Å². The van der Waals surface area contributed by atoms with Gasteiger partial charge in [-0.05, 0) is 50.3 Å². The van der Waals surface area contributed by atoms with Gasteiger partial charge in [0.1, 0.15) is 11.5 Å². The summed E-state index contributed by atoms with van der Waals surface area (Å²) in [4.78, 5) is 0. The zero-order chi connectivity index (χ0) is 14.9. The molecule has 1 aliphatic rings. The van der Waals surface area contributed by atoms with Gasteiger partial charge in [-0.25, -0.2) is 0 Å². The molecule has 1 aromatic carbocycles. The first-order valence-electron chi connectivity index (χ1n) is 7.31. The first kappa shape index (κ1) is 14.7. The predicted octanol–water partition coefficient (Wildman–Crippen LogP) is 4.68. The average molecular weight is 272 g/mol. The highest BCUT2D eigenvalue weighted by Gasteiger charge is 2.31. The molecule has 0 saturated heterocycles. The molecule has 1 aromatic rings. The molecule has 2 heteroatoms. The largest absolute Gasteiger partial charge is 0.507 e. The minimum absolute atomic E-state index is 0.0307. The number of phenolic OH excluding ortho intramolecular Hbond substituents is 2. The van der Waals surface area contributed by atoms with E-state index >= 15 is 0 Å². The van der Waals surface area contributed by atoms with Gasteiger partial charge in [-0.1, -0.05) is 37.1 Å². The van der Waals surface area contributed by atoms with E-state index in [-0.39, 0.29) is 23.3 Å². The second kappa shape index (κ2) is 5.74. The Morgan fingerprint density at radius 2 is 1.90 bits per heavy atom. The minimum Gasteiger partial charge on any atom is -0.507 e. The van der Waals surface area contributed by atoms with Crippen molar-refractivity contribution < 1.29 is 10.2 Å². The van der Waals surface area contributed by atoms with Gasteiger partial charge in [0.25, 0.3) is 0 Å². The molecule has 1 aliphatic carbocycles. The van der Waals surface area contributed by atoms with Gasteiger partial charge in [-0.2, -0.15) is 0 Å². The van der Waals surface area contributed by atoms with Crippen LogP contribution in [0, 0.1) is 5.92 Å². The van der Waals surface area contributed by atoms with Crippen LogP contribution in [0.15, 0.2) is 35.9 Å². The first-order valence-corrected chi connectivity index (χ1v) is 7.31. The minimum atomic E-state index is 0.0307. The lowest BCUT2D eigenvalue weighted by Crippen LogP contribution is -2.08. The van der Waals surface area contributed by atoms with Gasteiger partial charge in [0.2, 0.25) is 0 Å². The standard InChI is InChI=1S/C18H24O2/c1-5-6-13-9-16(19)18(17(20)10-13)15-8-12(4)7-14(15)11(2)3/h8-10,14-15,19-20H,2,5-7H2,1,3-4H3. The van der Waals surface area contributed by atoms with Crippen molar-refractivity contribution in [2.24, 2.45) is 5.92 Å². The zero-order valence-electron chi connectivity index (χ0n) is 12.6. The highest BCUT2D eigenvalue weighted by atomic mass is 16.3. The van der Waals surface area contributed by atoms with Gasteiger partial charge < -0.3 is 10.2 Å². The van der Waals surface area contributed by atoms with E-state index in [1.165, 1.54) is 5.57 Å². The van der Waals surface area contributed by atoms with E-state index in [1.807, 2.05) is 6.92 Å². The second-order valence-electron chi connectivity index (χ2n) is 5.99. The lowest BCUT2D eigenvalue weighted by Gasteiger charge is -2.22. The molecule has 0 heterocycles. The van der Waals surface area contributed by atoms with E-state index in [4.69, 9.17) is 0 Å². The molecular weight excluding hydrogens is 248 g/mol. The number of hydrogen-bond donors (Lipinski definition) is 2. The molecule has 0 fully saturated rings. The van der Waals surface area contributed by atoms with Crippen molar-refractivity contribution in [3.63, 3.8) is 0 Å². The Morgan fingerprint density at radius 3 is 2.40 bits per heavy atom. The third kappa shape index (κ3) is 2.74. The van der Waals surface area contributed by atoms with Crippen LogP contribution < -0.4 is 0 Å². The summed E-state index contributed by atoms with van der Waals surface area (Å²) >= 11 is 0. The Labute approximate surface area is 121 Å². The Bertz CT molecular complexity index is 532. The molecule has 2 unspecified atom stereocenters. The summed E-state index contributed by atoms with van der Waals surface area (Å²) in [5.41, 5.74) is 4.02. The molecule has 2 nitrogen and oxygen atoms in total. The molecule has 0 aliphatic heterocycles. The lowest BCUT2D eigenvalue weighted by atomic mass is 9.83. The molecule has 20 heavy (non-hydrogen) atoms. The van der Waals surface area contributed by atoms with Crippen molar-refractivity contribution in [3.8, 4) is 11.5 Å². The smallest absolute Gasteiger partial charge is 0.123 e. The maximum atomic E-state index is 10.3. The number of aryl methyl sites for hydroxylation is 1. The number of rotatable bonds is 4. The summed E-state index contributed by atoms with van der Waals surface area (Å²) in [5, 5.41) is 20.7. The Balaban J connectivity index is 2.44. The van der Waals surface area contributed by atoms with Crippen LogP contribution in [-0.4, -0.2) is 10.2 Å². The third-order valence-corrected chi connectivity index (χ3v) is 4.14. The van der Waals surface area contributed by atoms with Crippen molar-refractivity contribution in [2.75, 3.05) is 0 Å². The molecule has 2 N–H and O–H groups in total. The van der Waals surface area contributed by atoms with Crippen LogP contribution in [0.4, 0.5) is 0 Å². The van der Waals surface area contributed by atoms with Crippen LogP contribution >= 0.6 is 0 Å². The number of allylic oxidation sites excluding steroid dienone is 3. The normalized spacial score (nSPS) is 21.9. The summed E-state index contributed by atoms with van der Waals surface area (Å²) < 4.78 is 0. The Kier molecular flexibility index (Phi) is 4.22. The van der Waals surface area contributed by atoms with Gasteiger partial charge in [0.15, 0.2) is 0 Å². The van der Waals surface area contributed by atoms with Crippen molar-refractivity contribution in [1.82, 2.24) is 0 Å². The molecule has 2 rings (SSSR count). The predicted molar refractivity (Wildman–Crippen MR) is 83.2 cm³/mol. The molecule has 0 radical (unpaired) electrons. The number of aromatic hydroxyl groups is 2. The van der Waals surface area contributed by atoms with Crippen LogP contribution in [0.5, 0.6) is 11.5 Å². The summed E-state index contributed by atoms with van der Waals surface area (Å²) in [6, 6.07) is 3.57. The van der Waals surface area contributed by atoms with Crippen LogP contribution in [0.1, 0.15) is 50.7 Å². The quantitative estimate of drug-likeness (QED) is 0.781. The van der Waals surface area contributed by atoms with Gasteiger partial charge in [0.05, 0.1) is 0 Å². The Morgan fingerprint density at radius 1 is 1.30 bits per heavy atom. The summed E-state index contributed by atoms with van der Waals surface area (Å²) in [7, 11) is 0. The number of benzene rings is 1. The van der Waals surface area contributed by atoms with Crippen molar-refractivity contribution in [2.45, 2.75) is 46.0 Å². The SMILES string of the molecule is C=C(C)C1CC(C)=CC1c1c(O)cc(CCC)cc1O. The third-order valence-electron chi connectivity index (χ3n) is 4.14. The first-order chi connectivity index (χ1) is 9.43. The lowest BCUT2D eigenvalue weighted by molar-refractivity contribution is 0.423. The fourth-order valence-corrected chi connectivity index (χ4v) is 3.18. The molecule has 108 valence electrons. The highest BCUT2D eigenvalue weighted by molar-refractivity contribution is 5.52. The maximum absolute atomic E-state index is 10.3. The molecule has 0 saturated carbocycles. The van der Waals surface area contributed by atoms with Crippen LogP contribution in [0.2, 0.25) is 0 Å². The van der Waals surface area contributed by atoms with Crippen LogP contribution in [0.3, 0.4) is 0 Å². The van der Waals surface area contributed by atoms with Gasteiger partial charge in [-0.15, -0.1) is 0 Å².